The van der Waals surface area contributed by atoms with Crippen LogP contribution in [0, 0.1) is 0 Å². The zero-order valence-electron chi connectivity index (χ0n) is 34.9. The van der Waals surface area contributed by atoms with Gasteiger partial charge in [-0.15, -0.1) is 0 Å². The highest BCUT2D eigenvalue weighted by atomic mass is 16.6. The molecule has 308 valence electrons. The van der Waals surface area contributed by atoms with E-state index >= 15 is 0 Å². The van der Waals surface area contributed by atoms with Crippen molar-refractivity contribution in [3.05, 3.63) is 122 Å². The highest BCUT2D eigenvalue weighted by molar-refractivity contribution is 5.70. The summed E-state index contributed by atoms with van der Waals surface area (Å²) in [6.07, 6.45) is 65.5. The molecule has 0 radical (unpaired) electrons. The minimum Gasteiger partial charge on any atom is -0.462 e. The highest BCUT2D eigenvalue weighted by Gasteiger charge is 2.16. The number of aliphatic hydroxyl groups is 1. The van der Waals surface area contributed by atoms with Crippen LogP contribution < -0.4 is 0 Å². The minimum absolute atomic E-state index is 0.0997. The van der Waals surface area contributed by atoms with Crippen molar-refractivity contribution in [2.75, 3.05) is 13.2 Å². The average molecular weight is 759 g/mol. The normalized spacial score (nSPS) is 13.4. The molecule has 0 spiro atoms. The van der Waals surface area contributed by atoms with Crippen LogP contribution in [0.25, 0.3) is 0 Å². The van der Waals surface area contributed by atoms with Crippen LogP contribution in [0.5, 0.6) is 0 Å². The molecule has 0 aliphatic carbocycles. The first-order valence-corrected chi connectivity index (χ1v) is 21.6. The van der Waals surface area contributed by atoms with Crippen molar-refractivity contribution >= 4 is 11.9 Å². The molecule has 1 unspecified atom stereocenters. The molecule has 0 fully saturated rings. The van der Waals surface area contributed by atoms with Crippen LogP contribution in [0.15, 0.2) is 122 Å². The number of hydrogen-bond acceptors (Lipinski definition) is 5. The summed E-state index contributed by atoms with van der Waals surface area (Å²) >= 11 is 0. The predicted octanol–water partition coefficient (Wildman–Crippen LogP) is 14.0. The van der Waals surface area contributed by atoms with E-state index in [0.29, 0.717) is 12.8 Å². The van der Waals surface area contributed by atoms with E-state index in [9.17, 15) is 14.7 Å². The molecule has 1 atom stereocenters. The van der Waals surface area contributed by atoms with Crippen molar-refractivity contribution in [3.8, 4) is 0 Å². The van der Waals surface area contributed by atoms with Crippen LogP contribution in [0.3, 0.4) is 0 Å². The Hall–Kier alpha value is -3.70. The number of allylic oxidation sites excluding steroid dienone is 20. The number of hydrogen-bond donors (Lipinski definition) is 1. The van der Waals surface area contributed by atoms with Crippen molar-refractivity contribution in [1.29, 1.82) is 0 Å². The van der Waals surface area contributed by atoms with Gasteiger partial charge in [0.05, 0.1) is 6.61 Å². The van der Waals surface area contributed by atoms with Crippen LogP contribution in [-0.4, -0.2) is 36.4 Å². The van der Waals surface area contributed by atoms with Crippen LogP contribution in [0.2, 0.25) is 0 Å². The largest absolute Gasteiger partial charge is 0.462 e. The van der Waals surface area contributed by atoms with Gasteiger partial charge in [-0.2, -0.15) is 0 Å². The summed E-state index contributed by atoms with van der Waals surface area (Å²) in [7, 11) is 0. The summed E-state index contributed by atoms with van der Waals surface area (Å²) in [5.41, 5.74) is 0. The van der Waals surface area contributed by atoms with Crippen molar-refractivity contribution < 1.29 is 24.2 Å². The lowest BCUT2D eigenvalue weighted by molar-refractivity contribution is -0.161. The quantitative estimate of drug-likeness (QED) is 0.0388. The third-order valence-electron chi connectivity index (χ3n) is 8.49. The molecule has 0 saturated carbocycles. The van der Waals surface area contributed by atoms with Gasteiger partial charge >= 0.3 is 11.9 Å². The minimum atomic E-state index is -0.809. The SMILES string of the molecule is CC/C=C\C/C=C\C/C=C\C/C=C\C/C=C\C/C=C\C/C=C\C/C=C\CCCCC(=O)OC(CO)COC(=O)CCCCCCC/C=C\C/C=C\CCCC. The average Bonchev–Trinajstić information content (AvgIpc) is 3.19. The van der Waals surface area contributed by atoms with Gasteiger partial charge in [0.1, 0.15) is 6.61 Å². The highest BCUT2D eigenvalue weighted by Crippen LogP contribution is 2.10. The molecular weight excluding hydrogens is 681 g/mol. The fraction of sp³-hybridized carbons (Fsp3) is 0.560. The Balaban J connectivity index is 3.74. The van der Waals surface area contributed by atoms with E-state index in [4.69, 9.17) is 9.47 Å². The van der Waals surface area contributed by atoms with E-state index in [1.165, 1.54) is 25.7 Å². The standard InChI is InChI=1S/C50H78O5/c1-3-5-7-9-11-13-15-17-19-20-21-22-23-24-25-26-27-28-29-30-31-33-35-37-39-41-43-45-50(53)55-48(46-51)47-54-49(52)44-42-40-38-36-34-32-18-16-14-12-10-8-6-4-2/h5,7,10-13,16-19,21-22,24-25,27-28,30-31,35,37,48,51H,3-4,6,8-9,14-15,20,23,26,29,32-34,36,38-47H2,1-2H3/b7-5-,12-10-,13-11-,18-16-,19-17-,22-21-,25-24-,28-27-,31-30-,37-35-. The van der Waals surface area contributed by atoms with E-state index in [1.54, 1.807) is 0 Å². The third kappa shape index (κ3) is 42.9. The molecule has 0 aromatic carbocycles. The van der Waals surface area contributed by atoms with Gasteiger partial charge in [0.2, 0.25) is 0 Å². The first-order chi connectivity index (χ1) is 27.1. The van der Waals surface area contributed by atoms with E-state index in [1.807, 2.05) is 0 Å². The predicted molar refractivity (Wildman–Crippen MR) is 237 cm³/mol. The summed E-state index contributed by atoms with van der Waals surface area (Å²) in [5, 5.41) is 9.57. The maximum Gasteiger partial charge on any atom is 0.306 e. The fourth-order valence-corrected chi connectivity index (χ4v) is 5.23. The summed E-state index contributed by atoms with van der Waals surface area (Å²) in [6, 6.07) is 0. The number of carbonyl (C=O) groups excluding carboxylic acids is 2. The summed E-state index contributed by atoms with van der Waals surface area (Å²) < 4.78 is 10.6. The topological polar surface area (TPSA) is 72.8 Å². The van der Waals surface area contributed by atoms with Gasteiger partial charge < -0.3 is 14.6 Å². The summed E-state index contributed by atoms with van der Waals surface area (Å²) in [5.74, 6) is -0.672. The van der Waals surface area contributed by atoms with Crippen LogP contribution >= 0.6 is 0 Å². The van der Waals surface area contributed by atoms with E-state index in [-0.39, 0.29) is 31.6 Å². The Morgan fingerprint density at radius 3 is 1.22 bits per heavy atom. The van der Waals surface area contributed by atoms with Crippen molar-refractivity contribution in [2.24, 2.45) is 0 Å². The number of aliphatic hydroxyl groups excluding tert-OH is 1. The molecule has 0 heterocycles. The van der Waals surface area contributed by atoms with Gasteiger partial charge in [0, 0.05) is 12.8 Å². The van der Waals surface area contributed by atoms with Crippen molar-refractivity contribution in [2.45, 2.75) is 168 Å². The maximum absolute atomic E-state index is 12.2. The third-order valence-corrected chi connectivity index (χ3v) is 8.49. The molecule has 55 heavy (non-hydrogen) atoms. The molecule has 5 heteroatoms. The van der Waals surface area contributed by atoms with Gasteiger partial charge in [-0.25, -0.2) is 0 Å². The van der Waals surface area contributed by atoms with Crippen LogP contribution in [0.1, 0.15) is 162 Å². The van der Waals surface area contributed by atoms with E-state index in [2.05, 4.69) is 135 Å². The smallest absolute Gasteiger partial charge is 0.306 e. The maximum atomic E-state index is 12.2. The number of ether oxygens (including phenoxy) is 2. The summed E-state index contributed by atoms with van der Waals surface area (Å²) in [4.78, 5) is 24.3. The lowest BCUT2D eigenvalue weighted by atomic mass is 10.1. The van der Waals surface area contributed by atoms with Crippen molar-refractivity contribution in [1.82, 2.24) is 0 Å². The van der Waals surface area contributed by atoms with Gasteiger partial charge in [-0.3, -0.25) is 9.59 Å². The molecule has 0 aliphatic rings. The number of esters is 2. The van der Waals surface area contributed by atoms with Gasteiger partial charge in [-0.1, -0.05) is 167 Å². The first-order valence-electron chi connectivity index (χ1n) is 21.6. The zero-order valence-corrected chi connectivity index (χ0v) is 34.9. The fourth-order valence-electron chi connectivity index (χ4n) is 5.23. The second-order valence-corrected chi connectivity index (χ2v) is 13.7. The Morgan fingerprint density at radius 1 is 0.436 bits per heavy atom. The molecule has 0 rings (SSSR count). The Morgan fingerprint density at radius 2 is 0.782 bits per heavy atom. The van der Waals surface area contributed by atoms with Crippen molar-refractivity contribution in [3.63, 3.8) is 0 Å². The molecule has 5 nitrogen and oxygen atoms in total. The lowest BCUT2D eigenvalue weighted by Gasteiger charge is -2.15. The molecule has 0 saturated heterocycles. The number of rotatable bonds is 37. The molecule has 0 aromatic heterocycles. The van der Waals surface area contributed by atoms with Crippen LogP contribution in [0.4, 0.5) is 0 Å². The molecule has 0 amide bonds. The van der Waals surface area contributed by atoms with Gasteiger partial charge in [0.15, 0.2) is 6.10 Å². The first kappa shape index (κ1) is 51.3. The lowest BCUT2D eigenvalue weighted by Crippen LogP contribution is -2.28. The molecule has 0 aromatic rings. The van der Waals surface area contributed by atoms with Gasteiger partial charge in [0.25, 0.3) is 0 Å². The second kappa shape index (κ2) is 44.7. The molecule has 0 aliphatic heterocycles. The van der Waals surface area contributed by atoms with E-state index < -0.39 is 6.10 Å². The second-order valence-electron chi connectivity index (χ2n) is 13.7. The Bertz CT molecular complexity index is 1180. The Labute approximate surface area is 337 Å². The molecule has 1 N–H and O–H groups in total. The van der Waals surface area contributed by atoms with E-state index in [0.717, 1.165) is 103 Å². The number of carbonyl (C=O) groups is 2. The van der Waals surface area contributed by atoms with Crippen LogP contribution in [-0.2, 0) is 19.1 Å². The number of unbranched alkanes of at least 4 members (excludes halogenated alkanes) is 9. The molecule has 0 bridgehead atoms. The summed E-state index contributed by atoms with van der Waals surface area (Å²) in [6.45, 7) is 3.91. The monoisotopic (exact) mass is 759 g/mol. The molecular formula is C50H78O5. The Kier molecular flexibility index (Phi) is 41.7. The zero-order chi connectivity index (χ0) is 40.0. The van der Waals surface area contributed by atoms with Gasteiger partial charge in [-0.05, 0) is 103 Å².